The minimum atomic E-state index is 0. The maximum Gasteiger partial charge on any atom is 0.113 e. The normalized spacial score (nSPS) is 14.7. The molecule has 2 heterocycles. The van der Waals surface area contributed by atoms with Gasteiger partial charge in [-0.3, -0.25) is 9.58 Å². The van der Waals surface area contributed by atoms with E-state index in [1.54, 1.807) is 0 Å². The van der Waals surface area contributed by atoms with E-state index in [0.717, 1.165) is 50.5 Å². The van der Waals surface area contributed by atoms with E-state index in [0.29, 0.717) is 0 Å². The zero-order chi connectivity index (χ0) is 18.6. The Balaban J connectivity index is 0.00000225. The summed E-state index contributed by atoms with van der Waals surface area (Å²) in [6, 6.07) is 17.0. The first kappa shape index (κ1) is 20.4. The lowest BCUT2D eigenvalue weighted by Gasteiger charge is -2.36. The third-order valence-electron chi connectivity index (χ3n) is 5.48. The van der Waals surface area contributed by atoms with Crippen molar-refractivity contribution in [3.8, 4) is 11.3 Å². The molecule has 0 N–H and O–H groups in total. The second kappa shape index (κ2) is 9.22. The number of rotatable bonds is 5. The molecule has 6 heteroatoms. The van der Waals surface area contributed by atoms with Gasteiger partial charge in [-0.15, -0.1) is 17.5 Å². The average molecular weight is 398 g/mol. The largest absolute Gasteiger partial charge is 0.369 e. The van der Waals surface area contributed by atoms with Crippen molar-refractivity contribution in [3.63, 3.8) is 0 Å². The lowest BCUT2D eigenvalue weighted by molar-refractivity contribution is 0.244. The number of hydrogen-bond donors (Lipinski definition) is 0. The monoisotopic (exact) mass is 397 g/mol. The first-order valence-corrected chi connectivity index (χ1v) is 9.69. The Morgan fingerprint density at radius 2 is 1.61 bits per heavy atom. The average Bonchev–Trinajstić information content (AvgIpc) is 3.19. The second-order valence-electron chi connectivity index (χ2n) is 7.33. The van der Waals surface area contributed by atoms with Gasteiger partial charge in [0.05, 0.1) is 12.7 Å². The number of benzene rings is 2. The van der Waals surface area contributed by atoms with E-state index in [-0.39, 0.29) is 12.4 Å². The van der Waals surface area contributed by atoms with E-state index in [2.05, 4.69) is 64.3 Å². The maximum atomic E-state index is 4.30. The van der Waals surface area contributed by atoms with E-state index >= 15 is 0 Å². The minimum absolute atomic E-state index is 0. The fourth-order valence-corrected chi connectivity index (χ4v) is 3.54. The van der Waals surface area contributed by atoms with Gasteiger partial charge in [-0.05, 0) is 37.1 Å². The minimum Gasteiger partial charge on any atom is -0.369 e. The van der Waals surface area contributed by atoms with Crippen molar-refractivity contribution in [2.75, 3.05) is 37.6 Å². The molecular formula is C22H28ClN5. The van der Waals surface area contributed by atoms with Crippen LogP contribution in [0.2, 0.25) is 0 Å². The van der Waals surface area contributed by atoms with Crippen LogP contribution in [-0.2, 0) is 6.54 Å². The highest BCUT2D eigenvalue weighted by molar-refractivity contribution is 5.85. The van der Waals surface area contributed by atoms with Gasteiger partial charge in [0.2, 0.25) is 0 Å². The van der Waals surface area contributed by atoms with Crippen LogP contribution in [0.1, 0.15) is 11.1 Å². The highest BCUT2D eigenvalue weighted by Gasteiger charge is 2.17. The fraction of sp³-hybridized carbons (Fsp3) is 0.364. The molecule has 28 heavy (non-hydrogen) atoms. The highest BCUT2D eigenvalue weighted by atomic mass is 35.5. The van der Waals surface area contributed by atoms with Gasteiger partial charge in [0, 0.05) is 44.0 Å². The van der Waals surface area contributed by atoms with Crippen molar-refractivity contribution in [3.05, 3.63) is 65.9 Å². The Hall–Kier alpha value is -2.37. The molecule has 3 aromatic rings. The van der Waals surface area contributed by atoms with Crippen LogP contribution in [0, 0.1) is 13.8 Å². The Labute approximate surface area is 173 Å². The zero-order valence-corrected chi connectivity index (χ0v) is 17.4. The Kier molecular flexibility index (Phi) is 6.70. The molecule has 0 bridgehead atoms. The van der Waals surface area contributed by atoms with E-state index < -0.39 is 0 Å². The van der Waals surface area contributed by atoms with E-state index in [4.69, 9.17) is 0 Å². The number of anilines is 1. The van der Waals surface area contributed by atoms with Gasteiger partial charge < -0.3 is 4.90 Å². The Bertz CT molecular complexity index is 885. The lowest BCUT2D eigenvalue weighted by atomic mass is 10.1. The number of hydrogen-bond acceptors (Lipinski definition) is 4. The van der Waals surface area contributed by atoms with E-state index in [1.165, 1.54) is 16.8 Å². The summed E-state index contributed by atoms with van der Waals surface area (Å²) in [7, 11) is 0. The summed E-state index contributed by atoms with van der Waals surface area (Å²) >= 11 is 0. The predicted molar refractivity (Wildman–Crippen MR) is 117 cm³/mol. The van der Waals surface area contributed by atoms with Gasteiger partial charge in [0.1, 0.15) is 5.69 Å². The van der Waals surface area contributed by atoms with Gasteiger partial charge in [-0.1, -0.05) is 41.6 Å². The molecule has 0 spiro atoms. The molecule has 148 valence electrons. The maximum absolute atomic E-state index is 4.30. The van der Waals surface area contributed by atoms with Crippen molar-refractivity contribution < 1.29 is 0 Å². The molecular weight excluding hydrogens is 370 g/mol. The molecule has 4 rings (SSSR count). The molecule has 0 atom stereocenters. The van der Waals surface area contributed by atoms with Crippen LogP contribution in [0.15, 0.2) is 54.7 Å². The second-order valence-corrected chi connectivity index (χ2v) is 7.33. The number of piperazine rings is 1. The topological polar surface area (TPSA) is 37.2 Å². The molecule has 0 saturated carbocycles. The number of nitrogens with zero attached hydrogens (tertiary/aromatic N) is 5. The van der Waals surface area contributed by atoms with E-state index in [1.807, 2.05) is 29.1 Å². The van der Waals surface area contributed by atoms with Crippen LogP contribution in [0.5, 0.6) is 0 Å². The molecule has 2 aromatic carbocycles. The van der Waals surface area contributed by atoms with Crippen LogP contribution >= 0.6 is 12.4 Å². The summed E-state index contributed by atoms with van der Waals surface area (Å²) in [5.74, 6) is 0. The van der Waals surface area contributed by atoms with Gasteiger partial charge in [-0.2, -0.15) is 0 Å². The van der Waals surface area contributed by atoms with Crippen molar-refractivity contribution >= 4 is 18.1 Å². The highest BCUT2D eigenvalue weighted by Crippen LogP contribution is 2.20. The van der Waals surface area contributed by atoms with Crippen molar-refractivity contribution in [2.24, 2.45) is 0 Å². The molecule has 1 aromatic heterocycles. The molecule has 1 aliphatic rings. The lowest BCUT2D eigenvalue weighted by Crippen LogP contribution is -2.47. The summed E-state index contributed by atoms with van der Waals surface area (Å²) in [6.45, 7) is 10.6. The summed E-state index contributed by atoms with van der Waals surface area (Å²) in [4.78, 5) is 5.01. The summed E-state index contributed by atoms with van der Waals surface area (Å²) < 4.78 is 1.96. The molecule has 0 amide bonds. The summed E-state index contributed by atoms with van der Waals surface area (Å²) in [5, 5.41) is 8.59. The summed E-state index contributed by atoms with van der Waals surface area (Å²) in [6.07, 6.45) is 2.04. The molecule has 1 saturated heterocycles. The van der Waals surface area contributed by atoms with Gasteiger partial charge in [-0.25, -0.2) is 0 Å². The first-order valence-electron chi connectivity index (χ1n) is 9.69. The molecule has 0 unspecified atom stereocenters. The van der Waals surface area contributed by atoms with Crippen molar-refractivity contribution in [1.29, 1.82) is 0 Å². The number of aryl methyl sites for hydroxylation is 2. The molecule has 1 aliphatic heterocycles. The van der Waals surface area contributed by atoms with Crippen molar-refractivity contribution in [1.82, 2.24) is 19.9 Å². The molecule has 0 aliphatic carbocycles. The van der Waals surface area contributed by atoms with Gasteiger partial charge in [0.25, 0.3) is 0 Å². The van der Waals surface area contributed by atoms with Crippen LogP contribution < -0.4 is 4.90 Å². The molecule has 0 radical (unpaired) electrons. The third kappa shape index (κ3) is 4.72. The van der Waals surface area contributed by atoms with Crippen LogP contribution in [0.25, 0.3) is 11.3 Å². The quantitative estimate of drug-likeness (QED) is 0.656. The zero-order valence-electron chi connectivity index (χ0n) is 16.6. The van der Waals surface area contributed by atoms with Gasteiger partial charge >= 0.3 is 0 Å². The third-order valence-corrected chi connectivity index (χ3v) is 5.48. The van der Waals surface area contributed by atoms with Crippen LogP contribution in [-0.4, -0.2) is 52.6 Å². The SMILES string of the molecule is Cc1ccc(N2CCN(CCn3cc(-c4ccccc4)nn3)CC2)cc1C.Cl. The van der Waals surface area contributed by atoms with Crippen LogP contribution in [0.3, 0.4) is 0 Å². The molecule has 1 fully saturated rings. The molecule has 5 nitrogen and oxygen atoms in total. The Morgan fingerprint density at radius 3 is 2.32 bits per heavy atom. The summed E-state index contributed by atoms with van der Waals surface area (Å²) in [5.41, 5.74) is 6.14. The van der Waals surface area contributed by atoms with E-state index in [9.17, 15) is 0 Å². The van der Waals surface area contributed by atoms with Gasteiger partial charge in [0.15, 0.2) is 0 Å². The smallest absolute Gasteiger partial charge is 0.113 e. The fourth-order valence-electron chi connectivity index (χ4n) is 3.54. The number of halogens is 1. The van der Waals surface area contributed by atoms with Crippen LogP contribution in [0.4, 0.5) is 5.69 Å². The Morgan fingerprint density at radius 1 is 0.857 bits per heavy atom. The van der Waals surface area contributed by atoms with Crippen molar-refractivity contribution in [2.45, 2.75) is 20.4 Å². The number of aromatic nitrogens is 3. The first-order chi connectivity index (χ1) is 13.2. The predicted octanol–water partition coefficient (Wildman–Crippen LogP) is 3.81. The standard InChI is InChI=1S/C22H27N5.ClH/c1-18-8-9-21(16-19(18)2)26-13-10-25(11-14-26)12-15-27-17-22(23-24-27)20-6-4-3-5-7-20;/h3-9,16-17H,10-15H2,1-2H3;1H.